The molecule has 1 aromatic heterocycles. The molecule has 182 valence electrons. The third kappa shape index (κ3) is 7.15. The number of aliphatic hydroxyl groups excluding tert-OH is 1. The number of fused-ring (bicyclic) bond motifs is 1. The van der Waals surface area contributed by atoms with Gasteiger partial charge in [-0.2, -0.15) is 0 Å². The van der Waals surface area contributed by atoms with Gasteiger partial charge in [0.15, 0.2) is 0 Å². The van der Waals surface area contributed by atoms with Crippen molar-refractivity contribution in [3.63, 3.8) is 0 Å². The minimum atomic E-state index is -0.670. The van der Waals surface area contributed by atoms with E-state index in [-0.39, 0.29) is 25.1 Å². The molecule has 1 aromatic carbocycles. The first-order valence-electron chi connectivity index (χ1n) is 11.1. The molecule has 2 atom stereocenters. The monoisotopic (exact) mass is 478 g/mol. The highest BCUT2D eigenvalue weighted by Gasteiger charge is 2.33. The van der Waals surface area contributed by atoms with E-state index in [1.54, 1.807) is 32.7 Å². The Hall–Kier alpha value is -2.17. The Morgan fingerprint density at radius 1 is 1.24 bits per heavy atom. The van der Waals surface area contributed by atoms with E-state index in [9.17, 15) is 9.90 Å². The topological polar surface area (TPSA) is 80.7 Å². The number of hydrogen-bond donors (Lipinski definition) is 1. The molecule has 1 aliphatic rings. The van der Waals surface area contributed by atoms with Crippen molar-refractivity contribution in [2.24, 2.45) is 0 Å². The highest BCUT2D eigenvalue weighted by atomic mass is 32.1. The number of ether oxygens (including phenoxy) is 4. The quantitative estimate of drug-likeness (QED) is 0.473. The van der Waals surface area contributed by atoms with Gasteiger partial charge in [0.05, 0.1) is 39.0 Å². The summed E-state index contributed by atoms with van der Waals surface area (Å²) in [5, 5.41) is 12.3. The number of benzene rings is 1. The molecule has 0 spiro atoms. The molecule has 0 unspecified atom stereocenters. The third-order valence-corrected chi connectivity index (χ3v) is 6.66. The molecule has 9 heteroatoms. The maximum atomic E-state index is 13.4. The van der Waals surface area contributed by atoms with Crippen LogP contribution in [0.3, 0.4) is 0 Å². The van der Waals surface area contributed by atoms with Gasteiger partial charge in [-0.1, -0.05) is 6.07 Å². The number of rotatable bonds is 13. The van der Waals surface area contributed by atoms with E-state index >= 15 is 0 Å². The highest BCUT2D eigenvalue weighted by Crippen LogP contribution is 2.34. The minimum Gasteiger partial charge on any atom is -0.497 e. The van der Waals surface area contributed by atoms with Gasteiger partial charge in [-0.25, -0.2) is 0 Å². The summed E-state index contributed by atoms with van der Waals surface area (Å²) in [4.78, 5) is 18.5. The summed E-state index contributed by atoms with van der Waals surface area (Å²) in [5.41, 5.74) is 1.14. The van der Waals surface area contributed by atoms with Crippen LogP contribution in [0.1, 0.15) is 16.5 Å². The summed E-state index contributed by atoms with van der Waals surface area (Å²) in [5.74, 6) is 1.43. The van der Waals surface area contributed by atoms with Crippen LogP contribution in [0.15, 0.2) is 35.7 Å². The minimum absolute atomic E-state index is 0.00631. The fourth-order valence-corrected chi connectivity index (χ4v) is 4.95. The Bertz CT molecular complexity index is 876. The van der Waals surface area contributed by atoms with Crippen molar-refractivity contribution in [1.29, 1.82) is 0 Å². The SMILES string of the molecule is COCCN(CC(=O)N1CCc2sccc2[C@@H]1COc1cccc(OC)c1)C[C@@H](O)COC. The number of nitrogens with zero attached hydrogens (tertiary/aromatic N) is 2. The lowest BCUT2D eigenvalue weighted by molar-refractivity contribution is -0.136. The van der Waals surface area contributed by atoms with E-state index in [1.807, 2.05) is 34.1 Å². The second-order valence-electron chi connectivity index (χ2n) is 7.98. The molecule has 1 N–H and O–H groups in total. The zero-order chi connectivity index (χ0) is 23.6. The van der Waals surface area contributed by atoms with Crippen molar-refractivity contribution in [3.05, 3.63) is 46.2 Å². The van der Waals surface area contributed by atoms with Gasteiger partial charge in [0.25, 0.3) is 0 Å². The molecule has 2 aromatic rings. The Morgan fingerprint density at radius 3 is 2.82 bits per heavy atom. The van der Waals surface area contributed by atoms with Crippen LogP contribution in [-0.2, 0) is 20.7 Å². The predicted molar refractivity (Wildman–Crippen MR) is 127 cm³/mol. The smallest absolute Gasteiger partial charge is 0.237 e. The summed E-state index contributed by atoms with van der Waals surface area (Å²) in [6.07, 6.45) is 0.162. The van der Waals surface area contributed by atoms with Crippen LogP contribution in [0, 0.1) is 0 Å². The molecule has 2 heterocycles. The van der Waals surface area contributed by atoms with E-state index in [4.69, 9.17) is 18.9 Å². The molecule has 0 aliphatic carbocycles. The maximum absolute atomic E-state index is 13.4. The van der Waals surface area contributed by atoms with Crippen molar-refractivity contribution < 1.29 is 28.8 Å². The lowest BCUT2D eigenvalue weighted by atomic mass is 10.0. The summed E-state index contributed by atoms with van der Waals surface area (Å²) >= 11 is 1.72. The Labute approximate surface area is 199 Å². The maximum Gasteiger partial charge on any atom is 0.237 e. The molecular formula is C24H34N2O6S. The normalized spacial score (nSPS) is 16.5. The average Bonchev–Trinajstić information content (AvgIpc) is 3.30. The summed E-state index contributed by atoms with van der Waals surface area (Å²) in [7, 11) is 4.80. The molecule has 0 saturated carbocycles. The first-order chi connectivity index (χ1) is 16.0. The van der Waals surface area contributed by atoms with Crippen LogP contribution in [0.4, 0.5) is 0 Å². The Kier molecular flexibility index (Phi) is 9.95. The number of thiophene rings is 1. The van der Waals surface area contributed by atoms with E-state index in [0.29, 0.717) is 38.6 Å². The number of hydrogen-bond acceptors (Lipinski definition) is 8. The molecule has 8 nitrogen and oxygen atoms in total. The van der Waals surface area contributed by atoms with Crippen LogP contribution < -0.4 is 9.47 Å². The molecule has 0 radical (unpaired) electrons. The van der Waals surface area contributed by atoms with E-state index in [1.165, 1.54) is 4.88 Å². The molecule has 3 rings (SSSR count). The summed E-state index contributed by atoms with van der Waals surface area (Å²) < 4.78 is 21.6. The number of methoxy groups -OCH3 is 3. The van der Waals surface area contributed by atoms with E-state index in [2.05, 4.69) is 11.4 Å². The lowest BCUT2D eigenvalue weighted by Crippen LogP contribution is -2.48. The van der Waals surface area contributed by atoms with Gasteiger partial charge < -0.3 is 29.0 Å². The largest absolute Gasteiger partial charge is 0.497 e. The second kappa shape index (κ2) is 12.9. The number of aliphatic hydroxyl groups is 1. The van der Waals surface area contributed by atoms with Gasteiger partial charge in [0.1, 0.15) is 18.1 Å². The van der Waals surface area contributed by atoms with Crippen molar-refractivity contribution in [3.8, 4) is 11.5 Å². The van der Waals surface area contributed by atoms with Crippen LogP contribution in [0.25, 0.3) is 0 Å². The molecule has 0 bridgehead atoms. The fraction of sp³-hybridized carbons (Fsp3) is 0.542. The van der Waals surface area contributed by atoms with Crippen LogP contribution in [0.5, 0.6) is 11.5 Å². The first-order valence-corrected chi connectivity index (χ1v) is 11.9. The van der Waals surface area contributed by atoms with Crippen molar-refractivity contribution >= 4 is 17.2 Å². The zero-order valence-corrected chi connectivity index (χ0v) is 20.4. The highest BCUT2D eigenvalue weighted by molar-refractivity contribution is 7.10. The van der Waals surface area contributed by atoms with Crippen molar-refractivity contribution in [2.75, 3.05) is 67.3 Å². The zero-order valence-electron chi connectivity index (χ0n) is 19.6. The first kappa shape index (κ1) is 25.5. The third-order valence-electron chi connectivity index (χ3n) is 5.66. The number of carbonyl (C=O) groups excluding carboxylic acids is 1. The molecule has 0 saturated heterocycles. The van der Waals surface area contributed by atoms with Crippen LogP contribution in [0.2, 0.25) is 0 Å². The molecule has 33 heavy (non-hydrogen) atoms. The fourth-order valence-electron chi connectivity index (χ4n) is 4.02. The van der Waals surface area contributed by atoms with E-state index < -0.39 is 6.10 Å². The molecule has 1 amide bonds. The Balaban J connectivity index is 1.71. The Morgan fingerprint density at radius 2 is 2.06 bits per heavy atom. The molecule has 0 fully saturated rings. The van der Waals surface area contributed by atoms with Gasteiger partial charge >= 0.3 is 0 Å². The number of amides is 1. The van der Waals surface area contributed by atoms with Gasteiger partial charge in [-0.3, -0.25) is 9.69 Å². The standard InChI is InChI=1S/C24H34N2O6S/c1-29-11-10-25(14-18(27)16-30-2)15-24(28)26-9-7-23-21(8-12-33-23)22(26)17-32-20-6-4-5-19(13-20)31-3/h4-6,8,12-13,18,22,27H,7,9-11,14-17H2,1-3H3/t18-,22+/m1/s1. The van der Waals surface area contributed by atoms with Gasteiger partial charge in [-0.15, -0.1) is 11.3 Å². The van der Waals surface area contributed by atoms with Gasteiger partial charge in [-0.05, 0) is 35.6 Å². The molecular weight excluding hydrogens is 444 g/mol. The summed E-state index contributed by atoms with van der Waals surface area (Å²) in [6, 6.07) is 9.39. The van der Waals surface area contributed by atoms with Crippen molar-refractivity contribution in [1.82, 2.24) is 9.80 Å². The van der Waals surface area contributed by atoms with Crippen LogP contribution in [-0.4, -0.2) is 94.2 Å². The van der Waals surface area contributed by atoms with Gasteiger partial charge in [0, 0.05) is 44.8 Å². The number of carbonyl (C=O) groups is 1. The molecule has 1 aliphatic heterocycles. The second-order valence-corrected chi connectivity index (χ2v) is 8.98. The summed E-state index contributed by atoms with van der Waals surface area (Å²) in [6.45, 7) is 2.77. The van der Waals surface area contributed by atoms with Crippen LogP contribution >= 0.6 is 11.3 Å². The lowest BCUT2D eigenvalue weighted by Gasteiger charge is -2.37. The van der Waals surface area contributed by atoms with E-state index in [0.717, 1.165) is 17.7 Å². The van der Waals surface area contributed by atoms with Crippen molar-refractivity contribution in [2.45, 2.75) is 18.6 Å². The van der Waals surface area contributed by atoms with Gasteiger partial charge in [0.2, 0.25) is 5.91 Å². The predicted octanol–water partition coefficient (Wildman–Crippen LogP) is 2.22. The average molecular weight is 479 g/mol.